The van der Waals surface area contributed by atoms with Crippen molar-refractivity contribution >= 4 is 35.0 Å². The van der Waals surface area contributed by atoms with E-state index in [1.807, 2.05) is 0 Å². The van der Waals surface area contributed by atoms with E-state index < -0.39 is 47.0 Å². The summed E-state index contributed by atoms with van der Waals surface area (Å²) in [6.45, 7) is 10.1. The van der Waals surface area contributed by atoms with E-state index in [4.69, 9.17) is 15.2 Å². The lowest BCUT2D eigenvalue weighted by Crippen LogP contribution is -2.31. The Hall–Kier alpha value is -3.56. The van der Waals surface area contributed by atoms with E-state index in [1.54, 1.807) is 53.7 Å². The van der Waals surface area contributed by atoms with E-state index in [0.29, 0.717) is 5.56 Å². The summed E-state index contributed by atoms with van der Waals surface area (Å²) in [7, 11) is 0. The molecule has 33 heavy (non-hydrogen) atoms. The van der Waals surface area contributed by atoms with Crippen molar-refractivity contribution in [3.8, 4) is 11.8 Å². The Morgan fingerprint density at radius 2 is 1.67 bits per heavy atom. The second-order valence-corrected chi connectivity index (χ2v) is 9.58. The Labute approximate surface area is 192 Å². The van der Waals surface area contributed by atoms with E-state index in [1.165, 1.54) is 12.3 Å². The summed E-state index contributed by atoms with van der Waals surface area (Å²) < 4.78 is 11.6. The van der Waals surface area contributed by atoms with Crippen LogP contribution in [0.2, 0.25) is 0 Å². The molecule has 0 aliphatic heterocycles. The highest BCUT2D eigenvalue weighted by molar-refractivity contribution is 6.07. The summed E-state index contributed by atoms with van der Waals surface area (Å²) in [6, 6.07) is 3.48. The fourth-order valence-corrected chi connectivity index (χ4v) is 3.17. The number of carbonyl (C=O) groups is 3. The summed E-state index contributed by atoms with van der Waals surface area (Å²) >= 11 is 0. The first-order chi connectivity index (χ1) is 15.1. The number of aromatic nitrogens is 1. The lowest BCUT2D eigenvalue weighted by Gasteiger charge is -2.25. The van der Waals surface area contributed by atoms with Gasteiger partial charge in [0.15, 0.2) is 0 Å². The molecule has 180 valence electrons. The summed E-state index contributed by atoms with van der Waals surface area (Å²) in [5, 5.41) is 22.2. The second-order valence-electron chi connectivity index (χ2n) is 9.58. The van der Waals surface area contributed by atoms with Gasteiger partial charge in [-0.2, -0.15) is 4.99 Å². The van der Waals surface area contributed by atoms with Gasteiger partial charge in [0.25, 0.3) is 0 Å². The molecule has 10 nitrogen and oxygen atoms in total. The van der Waals surface area contributed by atoms with E-state index >= 15 is 0 Å². The zero-order valence-electron chi connectivity index (χ0n) is 19.7. The predicted molar refractivity (Wildman–Crippen MR) is 122 cm³/mol. The quantitative estimate of drug-likeness (QED) is 0.439. The van der Waals surface area contributed by atoms with Crippen LogP contribution >= 0.6 is 0 Å². The van der Waals surface area contributed by atoms with Crippen LogP contribution in [0.25, 0.3) is 10.8 Å². The van der Waals surface area contributed by atoms with Crippen molar-refractivity contribution < 1.29 is 34.1 Å². The zero-order chi connectivity index (χ0) is 25.1. The first kappa shape index (κ1) is 25.7. The fraction of sp³-hybridized carbons (Fsp3) is 0.478. The van der Waals surface area contributed by atoms with Crippen LogP contribution in [0.5, 0.6) is 11.8 Å². The van der Waals surface area contributed by atoms with Gasteiger partial charge in [0.05, 0.1) is 5.39 Å². The van der Waals surface area contributed by atoms with Crippen molar-refractivity contribution in [2.75, 3.05) is 0 Å². The van der Waals surface area contributed by atoms with Gasteiger partial charge in [-0.25, -0.2) is 9.59 Å². The minimum Gasteiger partial charge on any atom is -0.494 e. The number of fused-ring (bicyclic) bond motifs is 1. The number of carbonyl (C=O) groups excluding carboxylic acids is 3. The third-order valence-electron chi connectivity index (χ3n) is 4.37. The monoisotopic (exact) mass is 461 g/mol. The largest absolute Gasteiger partial charge is 0.494 e. The van der Waals surface area contributed by atoms with Crippen LogP contribution in [0.3, 0.4) is 0 Å². The second kappa shape index (κ2) is 9.51. The Bertz CT molecular complexity index is 1090. The number of aliphatic imine (C=N–C) groups is 1. The van der Waals surface area contributed by atoms with Gasteiger partial charge < -0.3 is 25.4 Å². The molecule has 0 fully saturated rings. The SMILES string of the molecule is CC(C)(C)OC(=O)N=Cc1cccc2c(O)n([C@@H](CCC(N)=O)C(=O)OC(C)(C)C)c(O)c12. The van der Waals surface area contributed by atoms with Crippen LogP contribution < -0.4 is 5.73 Å². The molecule has 1 aromatic heterocycles. The summed E-state index contributed by atoms with van der Waals surface area (Å²) in [4.78, 5) is 40.0. The Balaban J connectivity index is 2.57. The first-order valence-electron chi connectivity index (χ1n) is 10.4. The van der Waals surface area contributed by atoms with Crippen LogP contribution in [0.15, 0.2) is 23.2 Å². The lowest BCUT2D eigenvalue weighted by atomic mass is 10.1. The molecule has 10 heteroatoms. The maximum absolute atomic E-state index is 12.9. The average Bonchev–Trinajstić information content (AvgIpc) is 2.89. The van der Waals surface area contributed by atoms with Crippen LogP contribution in [-0.2, 0) is 19.1 Å². The number of nitrogens with two attached hydrogens (primary N) is 1. The standard InChI is InChI=1S/C23H31N3O7/c1-22(2,3)32-20(30)15(10-11-16(24)27)26-18(28)14-9-7-8-13(17(14)19(26)29)12-25-21(31)33-23(4,5)6/h7-9,12,15,28-29H,10-11H2,1-6H3,(H2,24,27)/t15-/m0/s1. The van der Waals surface area contributed by atoms with E-state index in [2.05, 4.69) is 4.99 Å². The van der Waals surface area contributed by atoms with E-state index in [9.17, 15) is 24.6 Å². The topological polar surface area (TPSA) is 153 Å². The molecule has 0 unspecified atom stereocenters. The molecule has 4 N–H and O–H groups in total. The lowest BCUT2D eigenvalue weighted by molar-refractivity contribution is -0.159. The molecule has 2 amide bonds. The summed E-state index contributed by atoms with van der Waals surface area (Å²) in [5.41, 5.74) is 3.98. The molecule has 0 spiro atoms. The van der Waals surface area contributed by atoms with Crippen LogP contribution in [0.4, 0.5) is 4.79 Å². The van der Waals surface area contributed by atoms with Crippen molar-refractivity contribution in [2.45, 2.75) is 71.6 Å². The predicted octanol–water partition coefficient (Wildman–Crippen LogP) is 3.55. The minimum atomic E-state index is -1.22. The van der Waals surface area contributed by atoms with Crippen molar-refractivity contribution in [3.05, 3.63) is 23.8 Å². The highest BCUT2D eigenvalue weighted by Gasteiger charge is 2.32. The molecule has 0 bridgehead atoms. The molecule has 1 heterocycles. The maximum Gasteiger partial charge on any atom is 0.434 e. The van der Waals surface area contributed by atoms with Gasteiger partial charge in [0.2, 0.25) is 17.7 Å². The molecule has 1 aromatic carbocycles. The van der Waals surface area contributed by atoms with E-state index in [0.717, 1.165) is 4.57 Å². The van der Waals surface area contributed by atoms with Gasteiger partial charge in [0, 0.05) is 23.6 Å². The number of benzene rings is 1. The zero-order valence-corrected chi connectivity index (χ0v) is 19.7. The maximum atomic E-state index is 12.9. The van der Waals surface area contributed by atoms with Gasteiger partial charge in [0.1, 0.15) is 17.2 Å². The molecule has 0 radical (unpaired) electrons. The number of primary amides is 1. The van der Waals surface area contributed by atoms with Crippen molar-refractivity contribution in [1.29, 1.82) is 0 Å². The van der Waals surface area contributed by atoms with Gasteiger partial charge in [-0.3, -0.25) is 9.36 Å². The third-order valence-corrected chi connectivity index (χ3v) is 4.37. The number of hydrogen-bond donors (Lipinski definition) is 3. The molecule has 2 aromatic rings. The number of aromatic hydroxyl groups is 2. The number of ether oxygens (including phenoxy) is 2. The van der Waals surface area contributed by atoms with Gasteiger partial charge in [-0.15, -0.1) is 0 Å². The average molecular weight is 462 g/mol. The number of rotatable bonds is 6. The van der Waals surface area contributed by atoms with Crippen LogP contribution in [0, 0.1) is 0 Å². The highest BCUT2D eigenvalue weighted by atomic mass is 16.6. The molecule has 0 aliphatic rings. The number of hydrogen-bond acceptors (Lipinski definition) is 7. The van der Waals surface area contributed by atoms with Gasteiger partial charge in [-0.1, -0.05) is 12.1 Å². The molecular formula is C23H31N3O7. The van der Waals surface area contributed by atoms with Crippen molar-refractivity contribution in [2.24, 2.45) is 10.7 Å². The van der Waals surface area contributed by atoms with Crippen LogP contribution in [-0.4, -0.2) is 50.2 Å². The minimum absolute atomic E-state index is 0.103. The summed E-state index contributed by atoms with van der Waals surface area (Å²) in [6.07, 6.45) is 0.0970. The van der Waals surface area contributed by atoms with E-state index in [-0.39, 0.29) is 23.6 Å². The number of amides is 2. The summed E-state index contributed by atoms with van der Waals surface area (Å²) in [5.74, 6) is -2.26. The smallest absolute Gasteiger partial charge is 0.434 e. The van der Waals surface area contributed by atoms with Crippen molar-refractivity contribution in [1.82, 2.24) is 4.57 Å². The fourth-order valence-electron chi connectivity index (χ4n) is 3.17. The Kier molecular flexibility index (Phi) is 7.41. The first-order valence-corrected chi connectivity index (χ1v) is 10.4. The Morgan fingerprint density at radius 1 is 1.06 bits per heavy atom. The Morgan fingerprint density at radius 3 is 2.21 bits per heavy atom. The molecule has 1 atom stereocenters. The number of esters is 1. The molecule has 0 saturated heterocycles. The number of nitrogens with zero attached hydrogens (tertiary/aromatic N) is 2. The molecule has 0 aliphatic carbocycles. The van der Waals surface area contributed by atoms with Crippen molar-refractivity contribution in [3.63, 3.8) is 0 Å². The molecular weight excluding hydrogens is 430 g/mol. The third kappa shape index (κ3) is 6.71. The molecule has 2 rings (SSSR count). The van der Waals surface area contributed by atoms with Gasteiger partial charge in [-0.05, 0) is 54.0 Å². The molecule has 0 saturated carbocycles. The normalized spacial score (nSPS) is 13.3. The van der Waals surface area contributed by atoms with Gasteiger partial charge >= 0.3 is 12.1 Å². The highest BCUT2D eigenvalue weighted by Crippen LogP contribution is 2.42. The van der Waals surface area contributed by atoms with Crippen LogP contribution in [0.1, 0.15) is 66.0 Å².